The Bertz CT molecular complexity index is 431. The van der Waals surface area contributed by atoms with Gasteiger partial charge in [-0.15, -0.1) is 0 Å². The average molecular weight is 360 g/mol. The monoisotopic (exact) mass is 360 g/mol. The normalized spacial score (nSPS) is 19.9. The number of nitrogens with one attached hydrogen (secondary N) is 1. The van der Waals surface area contributed by atoms with Crippen LogP contribution in [0, 0.1) is 10.5 Å². The molecule has 0 bridgehead atoms. The summed E-state index contributed by atoms with van der Waals surface area (Å²) in [4.78, 5) is 4.73. The zero-order valence-corrected chi connectivity index (χ0v) is 13.1. The van der Waals surface area contributed by atoms with Crippen molar-refractivity contribution < 1.29 is 0 Å². The minimum atomic E-state index is 0.502. The second-order valence-corrected chi connectivity index (χ2v) is 6.42. The Balaban J connectivity index is 2.15. The molecule has 4 heteroatoms. The molecule has 92 valence electrons. The number of halogens is 1. The molecule has 1 heterocycles. The van der Waals surface area contributed by atoms with E-state index >= 15 is 0 Å². The molecule has 1 atom stereocenters. The Kier molecular flexibility index (Phi) is 4.73. The molecule has 1 aliphatic heterocycles. The molecule has 1 aromatic rings. The quantitative estimate of drug-likeness (QED) is 0.796. The van der Waals surface area contributed by atoms with Crippen molar-refractivity contribution in [3.8, 4) is 0 Å². The predicted molar refractivity (Wildman–Crippen MR) is 86.1 cm³/mol. The average Bonchev–Trinajstić information content (AvgIpc) is 2.35. The van der Waals surface area contributed by atoms with Gasteiger partial charge < -0.3 is 5.32 Å². The highest BCUT2D eigenvalue weighted by atomic mass is 127. The molecular formula is C13H17IN2S. The molecule has 1 aliphatic rings. The maximum absolute atomic E-state index is 4.73. The highest BCUT2D eigenvalue weighted by Gasteiger charge is 2.14. The number of hydrogen-bond donors (Lipinski definition) is 1. The van der Waals surface area contributed by atoms with Gasteiger partial charge in [-0.2, -0.15) is 0 Å². The summed E-state index contributed by atoms with van der Waals surface area (Å²) in [5.41, 5.74) is 2.48. The van der Waals surface area contributed by atoms with Gasteiger partial charge in [-0.1, -0.05) is 24.8 Å². The van der Waals surface area contributed by atoms with Gasteiger partial charge in [0.1, 0.15) is 0 Å². The van der Waals surface area contributed by atoms with E-state index in [0.717, 1.165) is 11.6 Å². The Morgan fingerprint density at radius 2 is 2.35 bits per heavy atom. The van der Waals surface area contributed by atoms with Crippen LogP contribution in [0.4, 0.5) is 5.69 Å². The Morgan fingerprint density at radius 1 is 1.53 bits per heavy atom. The summed E-state index contributed by atoms with van der Waals surface area (Å²) in [6, 6.07) is 6.84. The number of rotatable bonds is 2. The van der Waals surface area contributed by atoms with Gasteiger partial charge >= 0.3 is 0 Å². The molecule has 1 N–H and O–H groups in total. The van der Waals surface area contributed by atoms with E-state index in [4.69, 9.17) is 4.99 Å². The first kappa shape index (κ1) is 13.2. The molecule has 0 aliphatic carbocycles. The molecule has 0 amide bonds. The maximum Gasteiger partial charge on any atom is 0.161 e. The van der Waals surface area contributed by atoms with Crippen LogP contribution in [-0.4, -0.2) is 17.0 Å². The fourth-order valence-corrected chi connectivity index (χ4v) is 3.27. The van der Waals surface area contributed by atoms with E-state index in [-0.39, 0.29) is 0 Å². The van der Waals surface area contributed by atoms with Crippen LogP contribution in [0.25, 0.3) is 0 Å². The Morgan fingerprint density at radius 3 is 3.12 bits per heavy atom. The first-order valence-corrected chi connectivity index (χ1v) is 8.00. The molecule has 0 saturated carbocycles. The Labute approximate surface area is 121 Å². The van der Waals surface area contributed by atoms with Crippen molar-refractivity contribution in [1.29, 1.82) is 0 Å². The third kappa shape index (κ3) is 3.37. The fourth-order valence-electron chi connectivity index (χ4n) is 1.78. The van der Waals surface area contributed by atoms with Crippen LogP contribution in [0.2, 0.25) is 0 Å². The summed E-state index contributed by atoms with van der Waals surface area (Å²) in [7, 11) is 0. The summed E-state index contributed by atoms with van der Waals surface area (Å²) in [5.74, 6) is 1.17. The highest BCUT2D eigenvalue weighted by Crippen LogP contribution is 2.25. The van der Waals surface area contributed by atoms with Gasteiger partial charge in [0.25, 0.3) is 0 Å². The van der Waals surface area contributed by atoms with E-state index in [1.54, 1.807) is 0 Å². The lowest BCUT2D eigenvalue weighted by Crippen LogP contribution is -2.20. The number of thioether (sulfide) groups is 1. The minimum absolute atomic E-state index is 0.502. The van der Waals surface area contributed by atoms with Crippen LogP contribution in [0.3, 0.4) is 0 Å². The number of anilines is 1. The van der Waals surface area contributed by atoms with Gasteiger partial charge in [-0.05, 0) is 60.1 Å². The summed E-state index contributed by atoms with van der Waals surface area (Å²) in [5, 5.41) is 4.54. The first-order valence-electron chi connectivity index (χ1n) is 5.93. The number of nitrogens with zero attached hydrogens (tertiary/aromatic N) is 1. The van der Waals surface area contributed by atoms with Crippen LogP contribution in [0.1, 0.15) is 25.3 Å². The molecule has 2 nitrogen and oxygen atoms in total. The third-order valence-electron chi connectivity index (χ3n) is 2.97. The summed E-state index contributed by atoms with van der Waals surface area (Å²) < 4.78 is 1.29. The second-order valence-electron chi connectivity index (χ2n) is 4.17. The number of benzene rings is 1. The molecule has 0 fully saturated rings. The molecule has 17 heavy (non-hydrogen) atoms. The van der Waals surface area contributed by atoms with E-state index in [0.29, 0.717) is 6.04 Å². The predicted octanol–water partition coefficient (Wildman–Crippen LogP) is 4.28. The lowest BCUT2D eigenvalue weighted by molar-refractivity contribution is 0.634. The van der Waals surface area contributed by atoms with Crippen molar-refractivity contribution in [2.24, 2.45) is 4.99 Å². The largest absolute Gasteiger partial charge is 0.335 e. The van der Waals surface area contributed by atoms with Crippen LogP contribution in [0.15, 0.2) is 23.2 Å². The molecule has 0 radical (unpaired) electrons. The van der Waals surface area contributed by atoms with Crippen molar-refractivity contribution in [2.75, 3.05) is 11.1 Å². The van der Waals surface area contributed by atoms with E-state index in [2.05, 4.69) is 60.0 Å². The molecule has 0 aromatic heterocycles. The van der Waals surface area contributed by atoms with Gasteiger partial charge in [0.15, 0.2) is 5.17 Å². The van der Waals surface area contributed by atoms with Crippen molar-refractivity contribution in [2.45, 2.75) is 32.7 Å². The summed E-state index contributed by atoms with van der Waals surface area (Å²) in [6.45, 7) is 4.36. The zero-order valence-electron chi connectivity index (χ0n) is 10.2. The van der Waals surface area contributed by atoms with Crippen LogP contribution >= 0.6 is 34.4 Å². The van der Waals surface area contributed by atoms with Gasteiger partial charge in [0.2, 0.25) is 0 Å². The fraction of sp³-hybridized carbons (Fsp3) is 0.462. The van der Waals surface area contributed by atoms with Crippen LogP contribution in [-0.2, 0) is 0 Å². The third-order valence-corrected chi connectivity index (χ3v) is 5.06. The van der Waals surface area contributed by atoms with E-state index in [1.165, 1.54) is 27.0 Å². The molecule has 1 unspecified atom stereocenters. The molecule has 0 spiro atoms. The smallest absolute Gasteiger partial charge is 0.161 e. The SMILES string of the molecule is CCC1CCSC(Nc2cccc(I)c2C)=N1. The van der Waals surface area contributed by atoms with Gasteiger partial charge in [-0.25, -0.2) is 0 Å². The number of aliphatic imine (C=N–C) groups is 1. The maximum atomic E-state index is 4.73. The topological polar surface area (TPSA) is 24.4 Å². The Hall–Kier alpha value is -0.230. The van der Waals surface area contributed by atoms with E-state index in [1.807, 2.05) is 11.8 Å². The zero-order chi connectivity index (χ0) is 12.3. The van der Waals surface area contributed by atoms with Crippen LogP contribution < -0.4 is 5.32 Å². The lowest BCUT2D eigenvalue weighted by atomic mass is 10.2. The number of hydrogen-bond acceptors (Lipinski definition) is 3. The van der Waals surface area contributed by atoms with Crippen molar-refractivity contribution in [3.63, 3.8) is 0 Å². The van der Waals surface area contributed by atoms with Gasteiger partial charge in [0, 0.05) is 15.0 Å². The van der Waals surface area contributed by atoms with Crippen molar-refractivity contribution in [1.82, 2.24) is 0 Å². The minimum Gasteiger partial charge on any atom is -0.335 e. The van der Waals surface area contributed by atoms with Crippen molar-refractivity contribution >= 4 is 45.2 Å². The van der Waals surface area contributed by atoms with E-state index in [9.17, 15) is 0 Å². The van der Waals surface area contributed by atoms with Gasteiger partial charge in [0.05, 0.1) is 6.04 Å². The van der Waals surface area contributed by atoms with Crippen molar-refractivity contribution in [3.05, 3.63) is 27.3 Å². The summed E-state index contributed by atoms with van der Waals surface area (Å²) >= 11 is 4.20. The number of amidine groups is 1. The highest BCUT2D eigenvalue weighted by molar-refractivity contribution is 14.1. The molecule has 2 rings (SSSR count). The summed E-state index contributed by atoms with van der Waals surface area (Å²) in [6.07, 6.45) is 2.34. The van der Waals surface area contributed by atoms with Gasteiger partial charge in [-0.3, -0.25) is 4.99 Å². The standard InChI is InChI=1S/C13H17IN2S/c1-3-10-7-8-17-13(15-10)16-12-6-4-5-11(14)9(12)2/h4-6,10H,3,7-8H2,1-2H3,(H,15,16). The lowest BCUT2D eigenvalue weighted by Gasteiger charge is -2.20. The van der Waals surface area contributed by atoms with Crippen LogP contribution in [0.5, 0.6) is 0 Å². The second kappa shape index (κ2) is 6.09. The first-order chi connectivity index (χ1) is 8.20. The molecular weight excluding hydrogens is 343 g/mol. The molecule has 0 saturated heterocycles. The molecule has 1 aromatic carbocycles. The van der Waals surface area contributed by atoms with E-state index < -0.39 is 0 Å².